The molecule has 1 aromatic heterocycles. The molecule has 5 nitrogen and oxygen atoms in total. The molecule has 1 unspecified atom stereocenters. The van der Waals surface area contributed by atoms with E-state index in [0.717, 1.165) is 6.42 Å². The Labute approximate surface area is 129 Å². The number of amides is 2. The van der Waals surface area contributed by atoms with Crippen LogP contribution in [0.2, 0.25) is 0 Å². The van der Waals surface area contributed by atoms with Crippen LogP contribution in [-0.2, 0) is 4.74 Å². The van der Waals surface area contributed by atoms with Gasteiger partial charge in [0.25, 0.3) is 5.91 Å². The Bertz CT molecular complexity index is 494. The van der Waals surface area contributed by atoms with Crippen molar-refractivity contribution in [2.75, 3.05) is 19.6 Å². The van der Waals surface area contributed by atoms with E-state index in [9.17, 15) is 9.59 Å². The normalized spacial score (nSPS) is 18.6. The van der Waals surface area contributed by atoms with Crippen molar-refractivity contribution in [3.05, 3.63) is 22.4 Å². The number of hydrogen-bond acceptors (Lipinski definition) is 4. The van der Waals surface area contributed by atoms with E-state index in [1.54, 1.807) is 4.90 Å². The highest BCUT2D eigenvalue weighted by molar-refractivity contribution is 7.08. The van der Waals surface area contributed by atoms with Gasteiger partial charge >= 0.3 is 6.09 Å². The maximum Gasteiger partial charge on any atom is 0.410 e. The van der Waals surface area contributed by atoms with E-state index >= 15 is 0 Å². The van der Waals surface area contributed by atoms with Gasteiger partial charge in [-0.15, -0.1) is 0 Å². The zero-order valence-corrected chi connectivity index (χ0v) is 13.5. The molecule has 0 aliphatic carbocycles. The Kier molecular flexibility index (Phi) is 4.88. The van der Waals surface area contributed by atoms with Gasteiger partial charge in [-0.3, -0.25) is 4.79 Å². The van der Waals surface area contributed by atoms with Crippen LogP contribution in [0.15, 0.2) is 16.8 Å². The smallest absolute Gasteiger partial charge is 0.410 e. The third kappa shape index (κ3) is 4.74. The van der Waals surface area contributed by atoms with Gasteiger partial charge in [-0.05, 0) is 44.6 Å². The molecule has 2 amide bonds. The highest BCUT2D eigenvalue weighted by atomic mass is 32.1. The van der Waals surface area contributed by atoms with Crippen LogP contribution in [-0.4, -0.2) is 42.1 Å². The average molecular weight is 310 g/mol. The van der Waals surface area contributed by atoms with Gasteiger partial charge < -0.3 is 15.0 Å². The van der Waals surface area contributed by atoms with Crippen molar-refractivity contribution in [3.8, 4) is 0 Å². The SMILES string of the molecule is CC(C)(C)OC(=O)N1CCC(CNC(=O)c2ccsc2)C1. The molecule has 2 heterocycles. The van der Waals surface area contributed by atoms with Crippen molar-refractivity contribution in [2.24, 2.45) is 5.92 Å². The fraction of sp³-hybridized carbons (Fsp3) is 0.600. The summed E-state index contributed by atoms with van der Waals surface area (Å²) in [6, 6.07) is 1.81. The molecule has 0 saturated carbocycles. The Morgan fingerprint density at radius 1 is 1.48 bits per heavy atom. The van der Waals surface area contributed by atoms with E-state index in [-0.39, 0.29) is 12.0 Å². The Morgan fingerprint density at radius 2 is 2.24 bits per heavy atom. The van der Waals surface area contributed by atoms with Crippen LogP contribution in [0.25, 0.3) is 0 Å². The second-order valence-corrected chi connectivity index (χ2v) is 7.08. The highest BCUT2D eigenvalue weighted by Crippen LogP contribution is 2.19. The number of rotatable bonds is 3. The first-order chi connectivity index (χ1) is 9.85. The molecule has 0 spiro atoms. The number of carbonyl (C=O) groups excluding carboxylic acids is 2. The molecule has 1 atom stereocenters. The first-order valence-corrected chi connectivity index (χ1v) is 8.08. The predicted octanol–water partition coefficient (Wildman–Crippen LogP) is 2.73. The molecule has 0 radical (unpaired) electrons. The van der Waals surface area contributed by atoms with Crippen molar-refractivity contribution in [3.63, 3.8) is 0 Å². The minimum Gasteiger partial charge on any atom is -0.444 e. The van der Waals surface area contributed by atoms with Crippen molar-refractivity contribution < 1.29 is 14.3 Å². The highest BCUT2D eigenvalue weighted by Gasteiger charge is 2.29. The Hall–Kier alpha value is -1.56. The van der Waals surface area contributed by atoms with Crippen LogP contribution >= 0.6 is 11.3 Å². The van der Waals surface area contributed by atoms with E-state index in [1.807, 2.05) is 37.6 Å². The molecular formula is C15H22N2O3S. The van der Waals surface area contributed by atoms with E-state index < -0.39 is 5.60 Å². The summed E-state index contributed by atoms with van der Waals surface area (Å²) >= 11 is 1.51. The van der Waals surface area contributed by atoms with E-state index in [1.165, 1.54) is 11.3 Å². The quantitative estimate of drug-likeness (QED) is 0.934. The van der Waals surface area contributed by atoms with E-state index in [4.69, 9.17) is 4.74 Å². The number of carbonyl (C=O) groups is 2. The fourth-order valence-corrected chi connectivity index (χ4v) is 2.86. The predicted molar refractivity (Wildman–Crippen MR) is 82.6 cm³/mol. The fourth-order valence-electron chi connectivity index (χ4n) is 2.22. The van der Waals surface area contributed by atoms with E-state index in [2.05, 4.69) is 5.32 Å². The molecule has 1 aliphatic heterocycles. The molecule has 1 saturated heterocycles. The van der Waals surface area contributed by atoms with Gasteiger partial charge in [0.05, 0.1) is 0 Å². The number of thiophene rings is 1. The molecule has 1 fully saturated rings. The molecule has 1 aromatic rings. The number of nitrogens with one attached hydrogen (secondary N) is 1. The van der Waals surface area contributed by atoms with Gasteiger partial charge in [0, 0.05) is 30.6 Å². The zero-order valence-electron chi connectivity index (χ0n) is 12.7. The molecule has 6 heteroatoms. The van der Waals surface area contributed by atoms with Crippen LogP contribution in [0.5, 0.6) is 0 Å². The third-order valence-corrected chi connectivity index (χ3v) is 3.96. The van der Waals surface area contributed by atoms with E-state index in [0.29, 0.717) is 31.1 Å². The summed E-state index contributed by atoms with van der Waals surface area (Å²) < 4.78 is 5.36. The molecule has 116 valence electrons. The van der Waals surface area contributed by atoms with Crippen LogP contribution in [0.3, 0.4) is 0 Å². The minimum absolute atomic E-state index is 0.0491. The molecule has 21 heavy (non-hydrogen) atoms. The molecule has 0 aromatic carbocycles. The monoisotopic (exact) mass is 310 g/mol. The second-order valence-electron chi connectivity index (χ2n) is 6.30. The average Bonchev–Trinajstić information content (AvgIpc) is 3.05. The third-order valence-electron chi connectivity index (χ3n) is 3.27. The van der Waals surface area contributed by atoms with Gasteiger partial charge in [-0.2, -0.15) is 11.3 Å². The molecular weight excluding hydrogens is 288 g/mol. The summed E-state index contributed by atoms with van der Waals surface area (Å²) in [5.41, 5.74) is 0.226. The summed E-state index contributed by atoms with van der Waals surface area (Å²) in [6.07, 6.45) is 0.623. The lowest BCUT2D eigenvalue weighted by Gasteiger charge is -2.24. The number of likely N-dealkylation sites (tertiary alicyclic amines) is 1. The number of hydrogen-bond donors (Lipinski definition) is 1. The lowest BCUT2D eigenvalue weighted by molar-refractivity contribution is 0.0288. The maximum atomic E-state index is 11.9. The molecule has 1 aliphatic rings. The maximum absolute atomic E-state index is 11.9. The van der Waals surface area contributed by atoms with Crippen molar-refractivity contribution >= 4 is 23.3 Å². The molecule has 1 N–H and O–H groups in total. The second kappa shape index (κ2) is 6.47. The van der Waals surface area contributed by atoms with Crippen LogP contribution in [0.4, 0.5) is 4.79 Å². The first-order valence-electron chi connectivity index (χ1n) is 7.13. The van der Waals surface area contributed by atoms with Crippen molar-refractivity contribution in [2.45, 2.75) is 32.8 Å². The minimum atomic E-state index is -0.470. The van der Waals surface area contributed by atoms with Crippen LogP contribution in [0, 0.1) is 5.92 Å². The first kappa shape index (κ1) is 15.8. The van der Waals surface area contributed by atoms with Gasteiger partial charge in [0.1, 0.15) is 5.60 Å². The topological polar surface area (TPSA) is 58.6 Å². The lowest BCUT2D eigenvalue weighted by atomic mass is 10.1. The Balaban J connectivity index is 1.75. The summed E-state index contributed by atoms with van der Waals surface area (Å²) in [5.74, 6) is 0.243. The summed E-state index contributed by atoms with van der Waals surface area (Å²) in [7, 11) is 0. The van der Waals surface area contributed by atoms with Crippen LogP contribution in [0.1, 0.15) is 37.6 Å². The van der Waals surface area contributed by atoms with Crippen LogP contribution < -0.4 is 5.32 Å². The number of ether oxygens (including phenoxy) is 1. The lowest BCUT2D eigenvalue weighted by Crippen LogP contribution is -2.36. The van der Waals surface area contributed by atoms with Gasteiger partial charge in [0.2, 0.25) is 0 Å². The van der Waals surface area contributed by atoms with Gasteiger partial charge in [0.15, 0.2) is 0 Å². The Morgan fingerprint density at radius 3 is 2.86 bits per heavy atom. The molecule has 0 bridgehead atoms. The number of nitrogens with zero attached hydrogens (tertiary/aromatic N) is 1. The van der Waals surface area contributed by atoms with Crippen molar-refractivity contribution in [1.29, 1.82) is 0 Å². The summed E-state index contributed by atoms with van der Waals surface area (Å²) in [6.45, 7) is 7.50. The van der Waals surface area contributed by atoms with Gasteiger partial charge in [-0.1, -0.05) is 0 Å². The van der Waals surface area contributed by atoms with Gasteiger partial charge in [-0.25, -0.2) is 4.79 Å². The zero-order chi connectivity index (χ0) is 15.5. The van der Waals surface area contributed by atoms with Crippen molar-refractivity contribution in [1.82, 2.24) is 10.2 Å². The summed E-state index contributed by atoms with van der Waals surface area (Å²) in [4.78, 5) is 25.5. The standard InChI is InChI=1S/C15H22N2O3S/c1-15(2,3)20-14(19)17-6-4-11(9-17)8-16-13(18)12-5-7-21-10-12/h5,7,10-11H,4,6,8-9H2,1-3H3,(H,16,18). The molecule has 2 rings (SSSR count). The largest absolute Gasteiger partial charge is 0.444 e. The summed E-state index contributed by atoms with van der Waals surface area (Å²) in [5, 5.41) is 6.64.